The summed E-state index contributed by atoms with van der Waals surface area (Å²) in [5.41, 5.74) is -1.57. The SMILES string of the molecule is CN1CCC(O)CC1.O=[N+]([O-])c1cccc(C(F)(F)F)c1. The zero-order chi connectivity index (χ0) is 16.0. The van der Waals surface area contributed by atoms with Crippen LogP contribution in [0, 0.1) is 10.1 Å². The highest BCUT2D eigenvalue weighted by Gasteiger charge is 2.31. The Bertz CT molecular complexity index is 462. The van der Waals surface area contributed by atoms with Gasteiger partial charge in [-0.3, -0.25) is 10.1 Å². The van der Waals surface area contributed by atoms with E-state index in [0.29, 0.717) is 6.07 Å². The van der Waals surface area contributed by atoms with Gasteiger partial charge in [-0.1, -0.05) is 6.07 Å². The van der Waals surface area contributed by atoms with Gasteiger partial charge in [-0.2, -0.15) is 13.2 Å². The molecule has 1 N–H and O–H groups in total. The van der Waals surface area contributed by atoms with E-state index in [1.54, 1.807) is 0 Å². The number of hydrogen-bond donors (Lipinski definition) is 1. The van der Waals surface area contributed by atoms with Gasteiger partial charge in [0.2, 0.25) is 0 Å². The smallest absolute Gasteiger partial charge is 0.393 e. The lowest BCUT2D eigenvalue weighted by Gasteiger charge is -2.25. The number of rotatable bonds is 1. The third-order valence-corrected chi connectivity index (χ3v) is 3.07. The first-order valence-corrected chi connectivity index (χ1v) is 6.38. The molecule has 1 aromatic rings. The van der Waals surface area contributed by atoms with Crippen molar-refractivity contribution in [2.45, 2.75) is 25.1 Å². The van der Waals surface area contributed by atoms with Gasteiger partial charge in [-0.15, -0.1) is 0 Å². The van der Waals surface area contributed by atoms with E-state index in [4.69, 9.17) is 5.11 Å². The molecule has 21 heavy (non-hydrogen) atoms. The van der Waals surface area contributed by atoms with Crippen LogP contribution in [0.2, 0.25) is 0 Å². The number of aliphatic hydroxyl groups excluding tert-OH is 1. The van der Waals surface area contributed by atoms with Gasteiger partial charge in [0.15, 0.2) is 0 Å². The molecule has 118 valence electrons. The molecule has 0 radical (unpaired) electrons. The summed E-state index contributed by atoms with van der Waals surface area (Å²) in [5, 5.41) is 19.1. The number of halogens is 3. The number of likely N-dealkylation sites (tertiary alicyclic amines) is 1. The van der Waals surface area contributed by atoms with E-state index in [1.807, 2.05) is 0 Å². The topological polar surface area (TPSA) is 66.6 Å². The Morgan fingerprint density at radius 1 is 1.33 bits per heavy atom. The van der Waals surface area contributed by atoms with Crippen LogP contribution in [-0.2, 0) is 6.18 Å². The van der Waals surface area contributed by atoms with E-state index in [9.17, 15) is 23.3 Å². The van der Waals surface area contributed by atoms with E-state index in [2.05, 4.69) is 11.9 Å². The maximum absolute atomic E-state index is 12.0. The highest BCUT2D eigenvalue weighted by atomic mass is 19.4. The maximum atomic E-state index is 12.0. The van der Waals surface area contributed by atoms with Crippen molar-refractivity contribution in [3.63, 3.8) is 0 Å². The zero-order valence-electron chi connectivity index (χ0n) is 11.5. The average Bonchev–Trinajstić information content (AvgIpc) is 2.42. The molecule has 1 saturated heterocycles. The van der Waals surface area contributed by atoms with Crippen molar-refractivity contribution in [2.24, 2.45) is 0 Å². The predicted molar refractivity (Wildman–Crippen MR) is 70.8 cm³/mol. The van der Waals surface area contributed by atoms with Crippen LogP contribution in [0.15, 0.2) is 24.3 Å². The average molecular weight is 306 g/mol. The van der Waals surface area contributed by atoms with Gasteiger partial charge in [0.1, 0.15) is 0 Å². The zero-order valence-corrected chi connectivity index (χ0v) is 11.5. The van der Waals surface area contributed by atoms with Crippen LogP contribution in [0.4, 0.5) is 18.9 Å². The summed E-state index contributed by atoms with van der Waals surface area (Å²) in [6, 6.07) is 3.29. The van der Waals surface area contributed by atoms with Gasteiger partial charge >= 0.3 is 6.18 Å². The van der Waals surface area contributed by atoms with E-state index >= 15 is 0 Å². The first-order valence-electron chi connectivity index (χ1n) is 6.38. The standard InChI is InChI=1S/C7H4F3NO2.C6H13NO/c8-7(9,10)5-2-1-3-6(4-5)11(12)13;1-7-4-2-6(8)3-5-7/h1-4H;6,8H,2-5H2,1H3. The number of non-ortho nitro benzene ring substituents is 1. The lowest BCUT2D eigenvalue weighted by atomic mass is 10.1. The molecule has 0 bridgehead atoms. The van der Waals surface area contributed by atoms with Crippen molar-refractivity contribution in [1.82, 2.24) is 4.90 Å². The summed E-state index contributed by atoms with van der Waals surface area (Å²) in [6.45, 7) is 2.11. The normalized spacial score (nSPS) is 17.0. The van der Waals surface area contributed by atoms with Crippen LogP contribution in [-0.4, -0.2) is 41.2 Å². The second-order valence-corrected chi connectivity index (χ2v) is 4.84. The Balaban J connectivity index is 0.000000235. The maximum Gasteiger partial charge on any atom is 0.416 e. The van der Waals surface area contributed by atoms with Gasteiger partial charge in [0.25, 0.3) is 5.69 Å². The molecule has 8 heteroatoms. The molecule has 0 spiro atoms. The second-order valence-electron chi connectivity index (χ2n) is 4.84. The first kappa shape index (κ1) is 17.4. The van der Waals surface area contributed by atoms with Crippen LogP contribution in [0.5, 0.6) is 0 Å². The van der Waals surface area contributed by atoms with E-state index < -0.39 is 22.4 Å². The van der Waals surface area contributed by atoms with Crippen LogP contribution in [0.1, 0.15) is 18.4 Å². The number of hydrogen-bond acceptors (Lipinski definition) is 4. The fourth-order valence-electron chi connectivity index (χ4n) is 1.79. The molecule has 5 nitrogen and oxygen atoms in total. The van der Waals surface area contributed by atoms with Gasteiger partial charge < -0.3 is 10.0 Å². The van der Waals surface area contributed by atoms with Gasteiger partial charge in [-0.05, 0) is 26.0 Å². The third kappa shape index (κ3) is 6.09. The van der Waals surface area contributed by atoms with Crippen LogP contribution < -0.4 is 0 Å². The van der Waals surface area contributed by atoms with E-state index in [1.165, 1.54) is 0 Å². The van der Waals surface area contributed by atoms with Gasteiger partial charge in [0.05, 0.1) is 16.6 Å². The lowest BCUT2D eigenvalue weighted by molar-refractivity contribution is -0.385. The van der Waals surface area contributed by atoms with Gasteiger partial charge in [0, 0.05) is 25.2 Å². The number of aliphatic hydroxyl groups is 1. The Hall–Kier alpha value is -1.67. The van der Waals surface area contributed by atoms with Crippen molar-refractivity contribution < 1.29 is 23.2 Å². The molecular formula is C13H17F3N2O3. The molecule has 2 rings (SSSR count). The highest BCUT2D eigenvalue weighted by molar-refractivity contribution is 5.35. The fraction of sp³-hybridized carbons (Fsp3) is 0.538. The molecule has 1 aliphatic rings. The highest BCUT2D eigenvalue weighted by Crippen LogP contribution is 2.30. The molecule has 1 fully saturated rings. The largest absolute Gasteiger partial charge is 0.416 e. The third-order valence-electron chi connectivity index (χ3n) is 3.07. The van der Waals surface area contributed by atoms with Crippen molar-refractivity contribution in [3.05, 3.63) is 39.9 Å². The number of piperidine rings is 1. The Labute approximate surface area is 120 Å². The first-order chi connectivity index (χ1) is 9.70. The molecule has 0 atom stereocenters. The molecule has 0 amide bonds. The summed E-state index contributed by atoms with van der Waals surface area (Å²) in [7, 11) is 2.09. The number of alkyl halides is 3. The summed E-state index contributed by atoms with van der Waals surface area (Å²) in [6.07, 6.45) is -2.65. The van der Waals surface area contributed by atoms with Crippen molar-refractivity contribution >= 4 is 5.69 Å². The minimum atomic E-state index is -4.54. The monoisotopic (exact) mass is 306 g/mol. The Morgan fingerprint density at radius 3 is 2.33 bits per heavy atom. The minimum Gasteiger partial charge on any atom is -0.393 e. The molecule has 0 aliphatic carbocycles. The molecule has 1 aliphatic heterocycles. The van der Waals surface area contributed by atoms with Crippen LogP contribution in [0.25, 0.3) is 0 Å². The second kappa shape index (κ2) is 7.37. The van der Waals surface area contributed by atoms with E-state index in [0.717, 1.165) is 44.1 Å². The van der Waals surface area contributed by atoms with Crippen molar-refractivity contribution in [1.29, 1.82) is 0 Å². The lowest BCUT2D eigenvalue weighted by Crippen LogP contribution is -2.32. The molecular weight excluding hydrogens is 289 g/mol. The summed E-state index contributed by atoms with van der Waals surface area (Å²) in [4.78, 5) is 11.5. The summed E-state index contributed by atoms with van der Waals surface area (Å²) >= 11 is 0. The molecule has 0 aromatic heterocycles. The molecule has 1 aromatic carbocycles. The van der Waals surface area contributed by atoms with Gasteiger partial charge in [-0.25, -0.2) is 0 Å². The molecule has 0 saturated carbocycles. The number of nitro benzene ring substituents is 1. The number of nitrogens with zero attached hydrogens (tertiary/aromatic N) is 2. The van der Waals surface area contributed by atoms with Crippen molar-refractivity contribution in [3.8, 4) is 0 Å². The van der Waals surface area contributed by atoms with Crippen LogP contribution >= 0.6 is 0 Å². The predicted octanol–water partition coefficient (Wildman–Crippen LogP) is 2.69. The molecule has 0 unspecified atom stereocenters. The van der Waals surface area contributed by atoms with Crippen molar-refractivity contribution in [2.75, 3.05) is 20.1 Å². The Kier molecular flexibility index (Phi) is 6.10. The van der Waals surface area contributed by atoms with E-state index in [-0.39, 0.29) is 6.10 Å². The quantitative estimate of drug-likeness (QED) is 0.640. The van der Waals surface area contributed by atoms with Crippen LogP contribution in [0.3, 0.4) is 0 Å². The number of nitro groups is 1. The fourth-order valence-corrected chi connectivity index (χ4v) is 1.79. The minimum absolute atomic E-state index is 0.0220. The number of benzene rings is 1. The Morgan fingerprint density at radius 2 is 1.90 bits per heavy atom. The summed E-state index contributed by atoms with van der Waals surface area (Å²) in [5.74, 6) is 0. The molecule has 1 heterocycles. The summed E-state index contributed by atoms with van der Waals surface area (Å²) < 4.78 is 36.0.